The lowest BCUT2D eigenvalue weighted by Gasteiger charge is -2.35. The first-order valence-corrected chi connectivity index (χ1v) is 6.31. The fraction of sp³-hybridized carbons (Fsp3) is 0.571. The fourth-order valence-electron chi connectivity index (χ4n) is 2.16. The molecule has 1 N–H and O–H groups in total. The molecule has 1 fully saturated rings. The Hall–Kier alpha value is -1.06. The second-order valence-electron chi connectivity index (χ2n) is 4.73. The number of ether oxygens (including phenoxy) is 1. The molecular weight excluding hydrogens is 212 g/mol. The third kappa shape index (κ3) is 2.79. The number of hydrogen-bond acceptors (Lipinski definition) is 3. The third-order valence-electron chi connectivity index (χ3n) is 3.56. The Balaban J connectivity index is 2.11. The SMILES string of the molecule is CCc1ccc(OC)c(CN(C)C2CNC2)c1. The van der Waals surface area contributed by atoms with Crippen molar-refractivity contribution in [2.75, 3.05) is 27.2 Å². The minimum Gasteiger partial charge on any atom is -0.496 e. The molecule has 1 aliphatic rings. The number of nitrogens with zero attached hydrogens (tertiary/aromatic N) is 1. The van der Waals surface area contributed by atoms with Crippen LogP contribution in [0.1, 0.15) is 18.1 Å². The molecule has 0 saturated carbocycles. The van der Waals surface area contributed by atoms with E-state index in [1.165, 1.54) is 11.1 Å². The van der Waals surface area contributed by atoms with Gasteiger partial charge in [0, 0.05) is 31.2 Å². The monoisotopic (exact) mass is 234 g/mol. The van der Waals surface area contributed by atoms with Crippen LogP contribution in [0, 0.1) is 0 Å². The van der Waals surface area contributed by atoms with Gasteiger partial charge in [0.2, 0.25) is 0 Å². The molecule has 3 nitrogen and oxygen atoms in total. The van der Waals surface area contributed by atoms with Gasteiger partial charge < -0.3 is 10.1 Å². The number of methoxy groups -OCH3 is 1. The molecular formula is C14H22N2O. The molecule has 0 unspecified atom stereocenters. The molecule has 1 aliphatic heterocycles. The number of hydrogen-bond donors (Lipinski definition) is 1. The number of aryl methyl sites for hydroxylation is 1. The van der Waals surface area contributed by atoms with Gasteiger partial charge in [-0.05, 0) is 25.1 Å². The maximum atomic E-state index is 5.43. The highest BCUT2D eigenvalue weighted by molar-refractivity contribution is 5.37. The van der Waals surface area contributed by atoms with Crippen LogP contribution in [-0.4, -0.2) is 38.2 Å². The van der Waals surface area contributed by atoms with Gasteiger partial charge in [0.1, 0.15) is 5.75 Å². The van der Waals surface area contributed by atoms with Crippen molar-refractivity contribution < 1.29 is 4.74 Å². The van der Waals surface area contributed by atoms with Gasteiger partial charge >= 0.3 is 0 Å². The topological polar surface area (TPSA) is 24.5 Å². The lowest BCUT2D eigenvalue weighted by Crippen LogP contribution is -2.55. The van der Waals surface area contributed by atoms with E-state index in [0.717, 1.165) is 31.8 Å². The lowest BCUT2D eigenvalue weighted by molar-refractivity contribution is 0.171. The lowest BCUT2D eigenvalue weighted by atomic mass is 10.1. The summed E-state index contributed by atoms with van der Waals surface area (Å²) in [6.45, 7) is 5.35. The summed E-state index contributed by atoms with van der Waals surface area (Å²) in [5.74, 6) is 1.00. The first-order valence-electron chi connectivity index (χ1n) is 6.31. The highest BCUT2D eigenvalue weighted by Gasteiger charge is 2.22. The standard InChI is InChI=1S/C14H22N2O/c1-4-11-5-6-14(17-3)12(7-11)10-16(2)13-8-15-9-13/h5-7,13,15H,4,8-10H2,1-3H3. The zero-order chi connectivity index (χ0) is 12.3. The maximum absolute atomic E-state index is 5.43. The average Bonchev–Trinajstić information content (AvgIpc) is 2.26. The second kappa shape index (κ2) is 5.52. The number of rotatable bonds is 5. The number of benzene rings is 1. The summed E-state index contributed by atoms with van der Waals surface area (Å²) < 4.78 is 5.43. The molecule has 1 aromatic carbocycles. The maximum Gasteiger partial charge on any atom is 0.123 e. The van der Waals surface area contributed by atoms with Gasteiger partial charge in [-0.1, -0.05) is 19.1 Å². The second-order valence-corrected chi connectivity index (χ2v) is 4.73. The smallest absolute Gasteiger partial charge is 0.123 e. The molecule has 3 heteroatoms. The van der Waals surface area contributed by atoms with Crippen molar-refractivity contribution >= 4 is 0 Å². The number of nitrogens with one attached hydrogen (secondary N) is 1. The van der Waals surface area contributed by atoms with Crippen LogP contribution in [0.5, 0.6) is 5.75 Å². The van der Waals surface area contributed by atoms with Crippen molar-refractivity contribution in [1.82, 2.24) is 10.2 Å². The Kier molecular flexibility index (Phi) is 4.02. The number of likely N-dealkylation sites (N-methyl/N-ethyl adjacent to an activating group) is 1. The summed E-state index contributed by atoms with van der Waals surface area (Å²) >= 11 is 0. The predicted molar refractivity (Wildman–Crippen MR) is 70.5 cm³/mol. The molecule has 2 rings (SSSR count). The van der Waals surface area contributed by atoms with Crippen molar-refractivity contribution in [3.63, 3.8) is 0 Å². The van der Waals surface area contributed by atoms with Gasteiger partial charge in [-0.3, -0.25) is 4.90 Å². The summed E-state index contributed by atoms with van der Waals surface area (Å²) in [4.78, 5) is 2.40. The van der Waals surface area contributed by atoms with Crippen LogP contribution in [0.25, 0.3) is 0 Å². The molecule has 0 bridgehead atoms. The van der Waals surface area contributed by atoms with Crippen molar-refractivity contribution in [3.05, 3.63) is 29.3 Å². The van der Waals surface area contributed by atoms with E-state index in [1.807, 2.05) is 0 Å². The molecule has 0 spiro atoms. The van der Waals surface area contributed by atoms with E-state index in [4.69, 9.17) is 4.74 Å². The molecule has 0 radical (unpaired) electrons. The van der Waals surface area contributed by atoms with E-state index in [0.29, 0.717) is 6.04 Å². The largest absolute Gasteiger partial charge is 0.496 e. The molecule has 0 amide bonds. The molecule has 17 heavy (non-hydrogen) atoms. The molecule has 1 saturated heterocycles. The van der Waals surface area contributed by atoms with Crippen LogP contribution in [0.4, 0.5) is 0 Å². The van der Waals surface area contributed by atoms with E-state index in [9.17, 15) is 0 Å². The van der Waals surface area contributed by atoms with Crippen molar-refractivity contribution in [2.45, 2.75) is 25.9 Å². The highest BCUT2D eigenvalue weighted by Crippen LogP contribution is 2.22. The van der Waals surface area contributed by atoms with Crippen molar-refractivity contribution in [1.29, 1.82) is 0 Å². The molecule has 0 atom stereocenters. The predicted octanol–water partition coefficient (Wildman–Crippen LogP) is 1.66. The zero-order valence-electron chi connectivity index (χ0n) is 11.0. The molecule has 1 heterocycles. The van der Waals surface area contributed by atoms with Crippen LogP contribution in [-0.2, 0) is 13.0 Å². The van der Waals surface area contributed by atoms with E-state index >= 15 is 0 Å². The Morgan fingerprint density at radius 2 is 2.18 bits per heavy atom. The van der Waals surface area contributed by atoms with Gasteiger partial charge in [-0.15, -0.1) is 0 Å². The van der Waals surface area contributed by atoms with Crippen molar-refractivity contribution in [2.24, 2.45) is 0 Å². The van der Waals surface area contributed by atoms with Gasteiger partial charge in [0.15, 0.2) is 0 Å². The van der Waals surface area contributed by atoms with E-state index in [-0.39, 0.29) is 0 Å². The highest BCUT2D eigenvalue weighted by atomic mass is 16.5. The zero-order valence-corrected chi connectivity index (χ0v) is 11.0. The summed E-state index contributed by atoms with van der Waals surface area (Å²) in [6.07, 6.45) is 1.08. The fourth-order valence-corrected chi connectivity index (χ4v) is 2.16. The van der Waals surface area contributed by atoms with Gasteiger partial charge in [-0.2, -0.15) is 0 Å². The van der Waals surface area contributed by atoms with Crippen LogP contribution >= 0.6 is 0 Å². The van der Waals surface area contributed by atoms with E-state index in [1.54, 1.807) is 7.11 Å². The first kappa shape index (κ1) is 12.4. The Bertz CT molecular complexity index is 374. The Morgan fingerprint density at radius 1 is 1.41 bits per heavy atom. The van der Waals surface area contributed by atoms with Crippen LogP contribution in [0.2, 0.25) is 0 Å². The first-order chi connectivity index (χ1) is 8.24. The van der Waals surface area contributed by atoms with Gasteiger partial charge in [0.05, 0.1) is 7.11 Å². The van der Waals surface area contributed by atoms with Gasteiger partial charge in [-0.25, -0.2) is 0 Å². The minimum absolute atomic E-state index is 0.671. The summed E-state index contributed by atoms with van der Waals surface area (Å²) in [5.41, 5.74) is 2.67. The normalized spacial score (nSPS) is 16.0. The quantitative estimate of drug-likeness (QED) is 0.838. The molecule has 1 aromatic rings. The summed E-state index contributed by atoms with van der Waals surface area (Å²) in [7, 11) is 3.93. The molecule has 0 aliphatic carbocycles. The Morgan fingerprint density at radius 3 is 2.71 bits per heavy atom. The van der Waals surface area contributed by atoms with Crippen LogP contribution < -0.4 is 10.1 Å². The molecule has 0 aromatic heterocycles. The van der Waals surface area contributed by atoms with Gasteiger partial charge in [0.25, 0.3) is 0 Å². The minimum atomic E-state index is 0.671. The molecule has 94 valence electrons. The summed E-state index contributed by atoms with van der Waals surface area (Å²) in [5, 5.41) is 3.31. The van der Waals surface area contributed by atoms with E-state index in [2.05, 4.69) is 42.4 Å². The van der Waals surface area contributed by atoms with Crippen LogP contribution in [0.3, 0.4) is 0 Å². The summed E-state index contributed by atoms with van der Waals surface area (Å²) in [6, 6.07) is 7.17. The third-order valence-corrected chi connectivity index (χ3v) is 3.56. The van der Waals surface area contributed by atoms with E-state index < -0.39 is 0 Å². The van der Waals surface area contributed by atoms with Crippen LogP contribution in [0.15, 0.2) is 18.2 Å². The van der Waals surface area contributed by atoms with Crippen molar-refractivity contribution in [3.8, 4) is 5.75 Å². The Labute approximate surface area is 104 Å². The average molecular weight is 234 g/mol.